The maximum absolute atomic E-state index is 4.19. The lowest BCUT2D eigenvalue weighted by molar-refractivity contribution is 1.11. The van der Waals surface area contributed by atoms with Crippen LogP contribution in [0.4, 0.5) is 5.69 Å². The molecule has 0 aromatic heterocycles. The average molecular weight is 195 g/mol. The molecular formula is C11H17NS. The van der Waals surface area contributed by atoms with Gasteiger partial charge < -0.3 is 5.32 Å². The highest BCUT2D eigenvalue weighted by molar-refractivity contribution is 7.80. The molecule has 1 nitrogen and oxygen atoms in total. The summed E-state index contributed by atoms with van der Waals surface area (Å²) < 4.78 is 0. The smallest absolute Gasteiger partial charge is 0.0402 e. The second kappa shape index (κ2) is 5.18. The third kappa shape index (κ3) is 2.66. The van der Waals surface area contributed by atoms with Gasteiger partial charge in [-0.05, 0) is 24.5 Å². The fourth-order valence-electron chi connectivity index (χ4n) is 1.46. The molecular weight excluding hydrogens is 178 g/mol. The molecule has 0 unspecified atom stereocenters. The first-order valence-corrected chi connectivity index (χ1v) is 5.36. The molecule has 0 radical (unpaired) electrons. The zero-order valence-electron chi connectivity index (χ0n) is 8.30. The summed E-state index contributed by atoms with van der Waals surface area (Å²) in [4.78, 5) is 0. The summed E-state index contributed by atoms with van der Waals surface area (Å²) in [7, 11) is 0. The summed E-state index contributed by atoms with van der Waals surface area (Å²) in [5, 5.41) is 3.41. The number of para-hydroxylation sites is 1. The van der Waals surface area contributed by atoms with Crippen LogP contribution in [0.1, 0.15) is 18.1 Å². The van der Waals surface area contributed by atoms with Crippen LogP contribution in [0.25, 0.3) is 0 Å². The summed E-state index contributed by atoms with van der Waals surface area (Å²) in [6.45, 7) is 5.25. The third-order valence-electron chi connectivity index (χ3n) is 2.15. The van der Waals surface area contributed by atoms with E-state index in [1.54, 1.807) is 0 Å². The van der Waals surface area contributed by atoms with Crippen LogP contribution >= 0.6 is 12.6 Å². The molecule has 1 aromatic rings. The normalized spacial score (nSPS) is 10.1. The van der Waals surface area contributed by atoms with Crippen molar-refractivity contribution in [3.63, 3.8) is 0 Å². The van der Waals surface area contributed by atoms with Gasteiger partial charge >= 0.3 is 0 Å². The molecule has 0 amide bonds. The minimum atomic E-state index is 0.873. The van der Waals surface area contributed by atoms with Crippen molar-refractivity contribution in [2.75, 3.05) is 17.6 Å². The number of hydrogen-bond acceptors (Lipinski definition) is 2. The van der Waals surface area contributed by atoms with Crippen LogP contribution in [0, 0.1) is 6.92 Å². The van der Waals surface area contributed by atoms with E-state index in [0.29, 0.717) is 0 Å². The Morgan fingerprint density at radius 2 is 2.15 bits per heavy atom. The van der Waals surface area contributed by atoms with Crippen molar-refractivity contribution in [1.82, 2.24) is 0 Å². The first-order valence-electron chi connectivity index (χ1n) is 4.72. The summed E-state index contributed by atoms with van der Waals surface area (Å²) in [6.07, 6.45) is 1.08. The van der Waals surface area contributed by atoms with Gasteiger partial charge in [0.25, 0.3) is 0 Å². The molecule has 0 aliphatic heterocycles. The Morgan fingerprint density at radius 3 is 2.77 bits per heavy atom. The Balaban J connectivity index is 2.87. The van der Waals surface area contributed by atoms with Crippen LogP contribution in [0.3, 0.4) is 0 Å². The Morgan fingerprint density at radius 1 is 1.38 bits per heavy atom. The maximum atomic E-state index is 4.19. The topological polar surface area (TPSA) is 12.0 Å². The highest BCUT2D eigenvalue weighted by Crippen LogP contribution is 2.20. The van der Waals surface area contributed by atoms with E-state index in [0.717, 1.165) is 18.7 Å². The molecule has 13 heavy (non-hydrogen) atoms. The highest BCUT2D eigenvalue weighted by Gasteiger charge is 2.01. The van der Waals surface area contributed by atoms with Crippen LogP contribution in [-0.2, 0) is 6.42 Å². The van der Waals surface area contributed by atoms with Gasteiger partial charge in [0.15, 0.2) is 0 Å². The van der Waals surface area contributed by atoms with Gasteiger partial charge in [-0.25, -0.2) is 0 Å². The molecule has 0 atom stereocenters. The first-order chi connectivity index (χ1) is 6.29. The van der Waals surface area contributed by atoms with Crippen molar-refractivity contribution in [2.24, 2.45) is 0 Å². The molecule has 2 heteroatoms. The van der Waals surface area contributed by atoms with Gasteiger partial charge in [0, 0.05) is 18.0 Å². The van der Waals surface area contributed by atoms with Gasteiger partial charge in [0.05, 0.1) is 0 Å². The van der Waals surface area contributed by atoms with Gasteiger partial charge in [-0.15, -0.1) is 0 Å². The second-order valence-corrected chi connectivity index (χ2v) is 3.56. The number of benzene rings is 1. The fourth-order valence-corrected chi connectivity index (χ4v) is 1.57. The Bertz CT molecular complexity index is 271. The molecule has 0 bridgehead atoms. The second-order valence-electron chi connectivity index (χ2n) is 3.11. The lowest BCUT2D eigenvalue weighted by Gasteiger charge is -2.12. The van der Waals surface area contributed by atoms with Crippen LogP contribution in [0.15, 0.2) is 18.2 Å². The van der Waals surface area contributed by atoms with Crippen molar-refractivity contribution in [1.29, 1.82) is 0 Å². The number of aryl methyl sites for hydroxylation is 2. The zero-order valence-corrected chi connectivity index (χ0v) is 9.20. The number of rotatable bonds is 4. The summed E-state index contributed by atoms with van der Waals surface area (Å²) in [6, 6.07) is 6.42. The molecule has 1 N–H and O–H groups in total. The van der Waals surface area contributed by atoms with Crippen LogP contribution in [-0.4, -0.2) is 12.3 Å². The van der Waals surface area contributed by atoms with Gasteiger partial charge in [0.1, 0.15) is 0 Å². The molecule has 0 aliphatic carbocycles. The Kier molecular flexibility index (Phi) is 4.16. The van der Waals surface area contributed by atoms with Crippen molar-refractivity contribution >= 4 is 18.3 Å². The van der Waals surface area contributed by atoms with Crippen molar-refractivity contribution in [2.45, 2.75) is 20.3 Å². The van der Waals surface area contributed by atoms with E-state index in [4.69, 9.17) is 0 Å². The van der Waals surface area contributed by atoms with Crippen LogP contribution in [0.2, 0.25) is 0 Å². The zero-order chi connectivity index (χ0) is 9.68. The monoisotopic (exact) mass is 195 g/mol. The van der Waals surface area contributed by atoms with Gasteiger partial charge in [-0.1, -0.05) is 25.1 Å². The standard InChI is InChI=1S/C11H17NS/c1-3-10-6-4-5-9(2)11(10)12-7-8-13/h4-6,12-13H,3,7-8H2,1-2H3. The average Bonchev–Trinajstić information content (AvgIpc) is 2.15. The van der Waals surface area contributed by atoms with Gasteiger partial charge in [-0.2, -0.15) is 12.6 Å². The molecule has 72 valence electrons. The molecule has 0 spiro atoms. The Labute approximate surface area is 86.0 Å². The lowest BCUT2D eigenvalue weighted by atomic mass is 10.1. The summed E-state index contributed by atoms with van der Waals surface area (Å²) >= 11 is 4.19. The fraction of sp³-hybridized carbons (Fsp3) is 0.455. The lowest BCUT2D eigenvalue weighted by Crippen LogP contribution is -2.06. The summed E-state index contributed by atoms with van der Waals surface area (Å²) in [5.41, 5.74) is 4.00. The SMILES string of the molecule is CCc1cccc(C)c1NCCS. The number of anilines is 1. The molecule has 0 fully saturated rings. The highest BCUT2D eigenvalue weighted by atomic mass is 32.1. The third-order valence-corrected chi connectivity index (χ3v) is 2.38. The molecule has 1 aromatic carbocycles. The maximum Gasteiger partial charge on any atom is 0.0402 e. The predicted octanol–water partition coefficient (Wildman–Crippen LogP) is 2.90. The van der Waals surface area contributed by atoms with E-state index in [1.807, 2.05) is 0 Å². The molecule has 1 rings (SSSR count). The van der Waals surface area contributed by atoms with Crippen molar-refractivity contribution in [3.05, 3.63) is 29.3 Å². The minimum Gasteiger partial charge on any atom is -0.384 e. The van der Waals surface area contributed by atoms with E-state index < -0.39 is 0 Å². The Hall–Kier alpha value is -0.630. The van der Waals surface area contributed by atoms with E-state index in [2.05, 4.69) is 50.0 Å². The van der Waals surface area contributed by atoms with E-state index in [1.165, 1.54) is 16.8 Å². The number of nitrogens with one attached hydrogen (secondary N) is 1. The summed E-state index contributed by atoms with van der Waals surface area (Å²) in [5.74, 6) is 0.873. The predicted molar refractivity (Wildman–Crippen MR) is 62.9 cm³/mol. The van der Waals surface area contributed by atoms with Gasteiger partial charge in [0.2, 0.25) is 0 Å². The largest absolute Gasteiger partial charge is 0.384 e. The van der Waals surface area contributed by atoms with E-state index in [-0.39, 0.29) is 0 Å². The van der Waals surface area contributed by atoms with E-state index >= 15 is 0 Å². The quantitative estimate of drug-likeness (QED) is 0.704. The van der Waals surface area contributed by atoms with Crippen molar-refractivity contribution < 1.29 is 0 Å². The minimum absolute atomic E-state index is 0.873. The molecule has 0 aliphatic rings. The van der Waals surface area contributed by atoms with Crippen molar-refractivity contribution in [3.8, 4) is 0 Å². The molecule has 0 heterocycles. The van der Waals surface area contributed by atoms with Gasteiger partial charge in [-0.3, -0.25) is 0 Å². The first kappa shape index (κ1) is 10.5. The molecule has 0 saturated heterocycles. The molecule has 0 saturated carbocycles. The van der Waals surface area contributed by atoms with E-state index in [9.17, 15) is 0 Å². The van der Waals surface area contributed by atoms with Crippen LogP contribution < -0.4 is 5.32 Å². The number of hydrogen-bond donors (Lipinski definition) is 2. The number of thiol groups is 1. The van der Waals surface area contributed by atoms with Crippen LogP contribution in [0.5, 0.6) is 0 Å².